The van der Waals surface area contributed by atoms with Gasteiger partial charge in [0.05, 0.1) is 24.7 Å². The fourth-order valence-corrected chi connectivity index (χ4v) is 3.60. The van der Waals surface area contributed by atoms with Crippen molar-refractivity contribution in [3.8, 4) is 0 Å². The van der Waals surface area contributed by atoms with Crippen LogP contribution in [0.2, 0.25) is 0 Å². The van der Waals surface area contributed by atoms with Gasteiger partial charge in [0.2, 0.25) is 0 Å². The van der Waals surface area contributed by atoms with Crippen LogP contribution in [0.1, 0.15) is 30.5 Å². The van der Waals surface area contributed by atoms with Crippen LogP contribution in [-0.4, -0.2) is 32.8 Å². The molecule has 2 aromatic heterocycles. The molecule has 1 aliphatic carbocycles. The lowest BCUT2D eigenvalue weighted by Gasteiger charge is -2.32. The maximum atomic E-state index is 11.6. The number of rotatable bonds is 4. The number of hydrogen-bond donors (Lipinski definition) is 1. The van der Waals surface area contributed by atoms with Crippen LogP contribution in [-0.2, 0) is 22.5 Å². The summed E-state index contributed by atoms with van der Waals surface area (Å²) in [5.41, 5.74) is 3.32. The molecule has 7 nitrogen and oxygen atoms in total. The van der Waals surface area contributed by atoms with Gasteiger partial charge in [-0.25, -0.2) is 14.6 Å². The molecule has 0 fully saturated rings. The topological polar surface area (TPSA) is 81.9 Å². The maximum absolute atomic E-state index is 11.6. The first-order chi connectivity index (χ1) is 12.7. The number of aromatic nitrogens is 4. The van der Waals surface area contributed by atoms with E-state index in [9.17, 15) is 4.79 Å². The van der Waals surface area contributed by atoms with Gasteiger partial charge in [-0.3, -0.25) is 4.79 Å². The van der Waals surface area contributed by atoms with Crippen molar-refractivity contribution in [3.05, 3.63) is 47.9 Å². The molecule has 0 spiro atoms. The minimum Gasteiger partial charge on any atom is -0.468 e. The van der Waals surface area contributed by atoms with Crippen molar-refractivity contribution < 1.29 is 9.53 Å². The Morgan fingerprint density at radius 3 is 3.04 bits per heavy atom. The van der Waals surface area contributed by atoms with Crippen molar-refractivity contribution in [1.82, 2.24) is 19.7 Å². The van der Waals surface area contributed by atoms with E-state index in [1.807, 2.05) is 0 Å². The van der Waals surface area contributed by atoms with Gasteiger partial charge in [0.25, 0.3) is 0 Å². The number of fused-ring (bicyclic) bond motifs is 2. The third-order valence-electron chi connectivity index (χ3n) is 5.06. The highest BCUT2D eigenvalue weighted by molar-refractivity contribution is 5.87. The van der Waals surface area contributed by atoms with E-state index < -0.39 is 0 Å². The normalized spacial score (nSPS) is 19.2. The summed E-state index contributed by atoms with van der Waals surface area (Å²) in [6.45, 7) is 2.28. The van der Waals surface area contributed by atoms with E-state index in [1.165, 1.54) is 29.2 Å². The number of ether oxygens (including phenoxy) is 1. The fourth-order valence-electron chi connectivity index (χ4n) is 3.60. The third-order valence-corrected chi connectivity index (χ3v) is 5.06. The molecule has 1 N–H and O–H groups in total. The zero-order chi connectivity index (χ0) is 18.1. The molecule has 2 atom stereocenters. The molecule has 2 heterocycles. The molecule has 26 heavy (non-hydrogen) atoms. The van der Waals surface area contributed by atoms with Crippen LogP contribution in [0.3, 0.4) is 0 Å². The summed E-state index contributed by atoms with van der Waals surface area (Å²) in [6, 6.07) is 8.73. The second kappa shape index (κ2) is 6.74. The summed E-state index contributed by atoms with van der Waals surface area (Å²) in [6.07, 6.45) is 5.43. The third kappa shape index (κ3) is 2.89. The lowest BCUT2D eigenvalue weighted by Crippen LogP contribution is -2.25. The number of aryl methyl sites for hydroxylation is 1. The van der Waals surface area contributed by atoms with Gasteiger partial charge in [-0.05, 0) is 29.9 Å². The van der Waals surface area contributed by atoms with Crippen molar-refractivity contribution in [2.24, 2.45) is 5.92 Å². The van der Waals surface area contributed by atoms with E-state index >= 15 is 0 Å². The summed E-state index contributed by atoms with van der Waals surface area (Å²) in [5, 5.41) is 8.66. The van der Waals surface area contributed by atoms with Gasteiger partial charge in [0.1, 0.15) is 18.7 Å². The Morgan fingerprint density at radius 1 is 1.35 bits per heavy atom. The summed E-state index contributed by atoms with van der Waals surface area (Å²) in [7, 11) is 1.36. The van der Waals surface area contributed by atoms with Gasteiger partial charge in [-0.2, -0.15) is 5.10 Å². The van der Waals surface area contributed by atoms with Crippen LogP contribution in [0.25, 0.3) is 11.0 Å². The molecule has 0 saturated carbocycles. The van der Waals surface area contributed by atoms with E-state index in [4.69, 9.17) is 4.74 Å². The number of esters is 1. The molecule has 2 unspecified atom stereocenters. The Kier molecular flexibility index (Phi) is 4.28. The van der Waals surface area contributed by atoms with Crippen molar-refractivity contribution in [2.45, 2.75) is 32.4 Å². The Morgan fingerprint density at radius 2 is 2.19 bits per heavy atom. The molecule has 0 saturated heterocycles. The van der Waals surface area contributed by atoms with E-state index in [1.54, 1.807) is 6.20 Å². The van der Waals surface area contributed by atoms with Crippen LogP contribution < -0.4 is 5.32 Å². The van der Waals surface area contributed by atoms with E-state index in [-0.39, 0.29) is 18.6 Å². The second-order valence-electron chi connectivity index (χ2n) is 6.67. The zero-order valence-electron chi connectivity index (χ0n) is 14.8. The van der Waals surface area contributed by atoms with Crippen LogP contribution in [0, 0.1) is 5.92 Å². The van der Waals surface area contributed by atoms with Crippen LogP contribution in [0.4, 0.5) is 5.82 Å². The van der Waals surface area contributed by atoms with Crippen LogP contribution in [0.15, 0.2) is 36.8 Å². The van der Waals surface area contributed by atoms with Gasteiger partial charge in [-0.1, -0.05) is 31.2 Å². The first kappa shape index (κ1) is 16.5. The molecule has 0 amide bonds. The smallest absolute Gasteiger partial charge is 0.327 e. The van der Waals surface area contributed by atoms with Crippen LogP contribution in [0.5, 0.6) is 0 Å². The number of anilines is 1. The summed E-state index contributed by atoms with van der Waals surface area (Å²) in [4.78, 5) is 20.3. The quantitative estimate of drug-likeness (QED) is 0.728. The summed E-state index contributed by atoms with van der Waals surface area (Å²) < 4.78 is 6.25. The molecule has 1 aliphatic rings. The second-order valence-corrected chi connectivity index (χ2v) is 6.67. The number of nitrogens with one attached hydrogen (secondary N) is 1. The lowest BCUT2D eigenvalue weighted by molar-refractivity contribution is -0.141. The Bertz CT molecular complexity index is 952. The number of carbonyl (C=O) groups is 1. The van der Waals surface area contributed by atoms with E-state index in [0.717, 1.165) is 24.0 Å². The van der Waals surface area contributed by atoms with Crippen molar-refractivity contribution in [2.75, 3.05) is 12.4 Å². The van der Waals surface area contributed by atoms with Gasteiger partial charge in [0.15, 0.2) is 5.65 Å². The minimum atomic E-state index is -0.363. The molecular weight excluding hydrogens is 330 g/mol. The minimum absolute atomic E-state index is 0.0269. The van der Waals surface area contributed by atoms with Gasteiger partial charge in [-0.15, -0.1) is 0 Å². The molecule has 4 rings (SSSR count). The number of benzene rings is 1. The highest BCUT2D eigenvalue weighted by Crippen LogP contribution is 2.37. The molecule has 0 radical (unpaired) electrons. The van der Waals surface area contributed by atoms with E-state index in [0.29, 0.717) is 11.6 Å². The number of nitrogens with zero attached hydrogens (tertiary/aromatic N) is 4. The standard InChI is InChI=1S/C19H21N5O2/c1-12-7-8-13-5-3-4-6-14(13)17(12)23-18-15-9-22-24(10-16(25)26-2)19(15)21-11-20-18/h3-6,9,11-12,17H,7-8,10H2,1-2H3,(H,20,21,23). The molecular formula is C19H21N5O2. The summed E-state index contributed by atoms with van der Waals surface area (Å²) >= 11 is 0. The summed E-state index contributed by atoms with van der Waals surface area (Å²) in [5.74, 6) is 0.859. The lowest BCUT2D eigenvalue weighted by atomic mass is 9.80. The first-order valence-corrected chi connectivity index (χ1v) is 8.75. The highest BCUT2D eigenvalue weighted by Gasteiger charge is 2.27. The number of hydrogen-bond acceptors (Lipinski definition) is 6. The average Bonchev–Trinajstić information content (AvgIpc) is 3.07. The van der Waals surface area contributed by atoms with Crippen molar-refractivity contribution in [1.29, 1.82) is 0 Å². The molecule has 7 heteroatoms. The van der Waals surface area contributed by atoms with Gasteiger partial charge >= 0.3 is 5.97 Å². The zero-order valence-corrected chi connectivity index (χ0v) is 14.8. The SMILES string of the molecule is COC(=O)Cn1ncc2c(NC3c4ccccc4CCC3C)ncnc21. The van der Waals surface area contributed by atoms with Gasteiger partial charge < -0.3 is 10.1 Å². The predicted octanol–water partition coefficient (Wildman–Crippen LogP) is 2.73. The maximum Gasteiger partial charge on any atom is 0.327 e. The number of methoxy groups -OCH3 is 1. The fraction of sp³-hybridized carbons (Fsp3) is 0.368. The van der Waals surface area contributed by atoms with Gasteiger partial charge in [0, 0.05) is 0 Å². The molecule has 1 aromatic carbocycles. The first-order valence-electron chi connectivity index (χ1n) is 8.75. The van der Waals surface area contributed by atoms with Crippen molar-refractivity contribution >= 4 is 22.8 Å². The Labute approximate surface area is 151 Å². The predicted molar refractivity (Wildman–Crippen MR) is 97.6 cm³/mol. The van der Waals surface area contributed by atoms with E-state index in [2.05, 4.69) is 51.6 Å². The monoisotopic (exact) mass is 351 g/mol. The molecule has 0 bridgehead atoms. The molecule has 3 aromatic rings. The highest BCUT2D eigenvalue weighted by atomic mass is 16.5. The van der Waals surface area contributed by atoms with Crippen molar-refractivity contribution in [3.63, 3.8) is 0 Å². The number of carbonyl (C=O) groups excluding carboxylic acids is 1. The average molecular weight is 351 g/mol. The largest absolute Gasteiger partial charge is 0.468 e. The van der Waals surface area contributed by atoms with Crippen LogP contribution >= 0.6 is 0 Å². The Hall–Kier alpha value is -2.96. The Balaban J connectivity index is 1.69. The molecule has 0 aliphatic heterocycles. The molecule has 134 valence electrons.